The van der Waals surface area contributed by atoms with Gasteiger partial charge in [-0.15, -0.1) is 11.3 Å². The van der Waals surface area contributed by atoms with Gasteiger partial charge < -0.3 is 14.7 Å². The lowest BCUT2D eigenvalue weighted by Crippen LogP contribution is -2.47. The van der Waals surface area contributed by atoms with Crippen molar-refractivity contribution in [2.75, 3.05) is 12.0 Å². The summed E-state index contributed by atoms with van der Waals surface area (Å²) in [5.74, 6) is 6.96. The molecule has 32 heavy (non-hydrogen) atoms. The molecule has 3 aliphatic rings. The van der Waals surface area contributed by atoms with Crippen molar-refractivity contribution in [3.05, 3.63) is 15.8 Å². The van der Waals surface area contributed by atoms with Crippen molar-refractivity contribution in [3.63, 3.8) is 0 Å². The Hall–Kier alpha value is -1.84. The molecule has 1 aromatic rings. The van der Waals surface area contributed by atoms with Crippen molar-refractivity contribution in [2.24, 2.45) is 17.3 Å². The summed E-state index contributed by atoms with van der Waals surface area (Å²) in [6, 6.07) is 1.91. The number of thiophene rings is 1. The summed E-state index contributed by atoms with van der Waals surface area (Å²) in [6.07, 6.45) is 8.68. The third-order valence-electron chi connectivity index (χ3n) is 7.46. The first-order chi connectivity index (χ1) is 15.3. The highest BCUT2D eigenvalue weighted by atomic mass is 32.1. The second-order valence-corrected chi connectivity index (χ2v) is 11.3. The number of ether oxygens (including phenoxy) is 1. The van der Waals surface area contributed by atoms with Crippen molar-refractivity contribution in [2.45, 2.75) is 90.2 Å². The van der Waals surface area contributed by atoms with Crippen molar-refractivity contribution in [1.29, 1.82) is 0 Å². The number of carbonyl (C=O) groups excluding carboxylic acids is 2. The molecule has 3 saturated carbocycles. The Bertz CT molecular complexity index is 906. The predicted octanol–water partition coefficient (Wildman–Crippen LogP) is 5.15. The zero-order valence-electron chi connectivity index (χ0n) is 19.5. The predicted molar refractivity (Wildman–Crippen MR) is 127 cm³/mol. The van der Waals surface area contributed by atoms with E-state index in [1.807, 2.05) is 11.0 Å². The molecule has 0 unspecified atom stereocenters. The molecular weight excluding hydrogens is 422 g/mol. The molecule has 3 fully saturated rings. The van der Waals surface area contributed by atoms with Gasteiger partial charge in [0.25, 0.3) is 0 Å². The molecule has 0 bridgehead atoms. The Morgan fingerprint density at radius 1 is 1.12 bits per heavy atom. The quantitative estimate of drug-likeness (QED) is 0.502. The Balaban J connectivity index is 1.70. The molecule has 1 N–H and O–H groups in total. The van der Waals surface area contributed by atoms with Gasteiger partial charge in [0, 0.05) is 17.4 Å². The van der Waals surface area contributed by atoms with E-state index in [0.29, 0.717) is 29.3 Å². The van der Waals surface area contributed by atoms with Crippen molar-refractivity contribution in [3.8, 4) is 11.8 Å². The number of aliphatic hydroxyl groups is 1. The van der Waals surface area contributed by atoms with Crippen molar-refractivity contribution in [1.82, 2.24) is 0 Å². The Morgan fingerprint density at radius 2 is 1.78 bits per heavy atom. The highest BCUT2D eigenvalue weighted by molar-refractivity contribution is 7.15. The maximum absolute atomic E-state index is 13.9. The second kappa shape index (κ2) is 9.57. The minimum Gasteiger partial charge on any atom is -0.465 e. The van der Waals surface area contributed by atoms with E-state index in [-0.39, 0.29) is 29.4 Å². The summed E-state index contributed by atoms with van der Waals surface area (Å²) in [5, 5.41) is 10.0. The van der Waals surface area contributed by atoms with Crippen LogP contribution < -0.4 is 4.90 Å². The number of nitrogens with zero attached hydrogens (tertiary/aromatic N) is 1. The number of aliphatic hydroxyl groups excluding tert-OH is 1. The van der Waals surface area contributed by atoms with E-state index < -0.39 is 5.97 Å². The van der Waals surface area contributed by atoms with E-state index in [0.717, 1.165) is 56.2 Å². The van der Waals surface area contributed by atoms with Crippen molar-refractivity contribution < 1.29 is 19.4 Å². The van der Waals surface area contributed by atoms with Crippen LogP contribution in [-0.2, 0) is 9.53 Å². The van der Waals surface area contributed by atoms with Gasteiger partial charge in [-0.05, 0) is 83.1 Å². The normalized spacial score (nSPS) is 28.9. The summed E-state index contributed by atoms with van der Waals surface area (Å²) >= 11 is 1.33. The molecule has 0 aromatic carbocycles. The van der Waals surface area contributed by atoms with Gasteiger partial charge >= 0.3 is 5.97 Å². The second-order valence-electron chi connectivity index (χ2n) is 10.3. The van der Waals surface area contributed by atoms with Gasteiger partial charge in [-0.2, -0.15) is 0 Å². The van der Waals surface area contributed by atoms with Gasteiger partial charge in [-0.3, -0.25) is 4.79 Å². The van der Waals surface area contributed by atoms with Gasteiger partial charge in [0.15, 0.2) is 0 Å². The van der Waals surface area contributed by atoms with Gasteiger partial charge in [-0.1, -0.05) is 18.8 Å². The van der Waals surface area contributed by atoms with E-state index in [1.54, 1.807) is 0 Å². The van der Waals surface area contributed by atoms with Gasteiger partial charge in [0.2, 0.25) is 5.91 Å². The lowest BCUT2D eigenvalue weighted by Gasteiger charge is -2.38. The molecule has 0 radical (unpaired) electrons. The zero-order chi connectivity index (χ0) is 22.9. The SMILES string of the molecule is COC(=O)c1sc(C#CC2(C)CC2)cc1N(C(=O)C1CCC(C)CC1)C1CCC(O)CC1. The average molecular weight is 458 g/mol. The maximum Gasteiger partial charge on any atom is 0.350 e. The topological polar surface area (TPSA) is 66.8 Å². The van der Waals surface area contributed by atoms with E-state index in [2.05, 4.69) is 25.7 Å². The molecule has 0 saturated heterocycles. The number of amides is 1. The van der Waals surface area contributed by atoms with E-state index in [4.69, 9.17) is 4.74 Å². The summed E-state index contributed by atoms with van der Waals surface area (Å²) < 4.78 is 5.09. The number of methoxy groups -OCH3 is 1. The molecule has 5 nitrogen and oxygen atoms in total. The minimum atomic E-state index is -0.415. The standard InChI is InChI=1S/C26H35NO4S/c1-17-4-6-18(7-5-17)24(29)27(19-8-10-20(28)11-9-19)22-16-21(12-13-26(2)14-15-26)32-23(22)25(30)31-3/h16-20,28H,4-11,14-15H2,1-3H3. The largest absolute Gasteiger partial charge is 0.465 e. The molecule has 3 aliphatic carbocycles. The van der Waals surface area contributed by atoms with Gasteiger partial charge in [-0.25, -0.2) is 4.79 Å². The van der Waals surface area contributed by atoms with Crippen LogP contribution in [0.4, 0.5) is 5.69 Å². The lowest BCUT2D eigenvalue weighted by atomic mass is 9.81. The molecule has 1 aromatic heterocycles. The fraction of sp³-hybridized carbons (Fsp3) is 0.692. The molecule has 4 rings (SSSR count). The molecule has 0 atom stereocenters. The number of rotatable bonds is 4. The highest BCUT2D eigenvalue weighted by Gasteiger charge is 2.38. The molecule has 1 heterocycles. The van der Waals surface area contributed by atoms with Crippen LogP contribution in [0.15, 0.2) is 6.07 Å². The molecule has 0 spiro atoms. The Labute approximate surface area is 195 Å². The van der Waals surface area contributed by atoms with Crippen LogP contribution in [0.2, 0.25) is 0 Å². The molecule has 1 amide bonds. The fourth-order valence-electron chi connectivity index (χ4n) is 4.90. The van der Waals surface area contributed by atoms with Crippen LogP contribution in [0.5, 0.6) is 0 Å². The third-order valence-corrected chi connectivity index (χ3v) is 8.48. The van der Waals surface area contributed by atoms with E-state index in [1.165, 1.54) is 18.4 Å². The summed E-state index contributed by atoms with van der Waals surface area (Å²) in [6.45, 7) is 4.41. The van der Waals surface area contributed by atoms with Crippen LogP contribution in [0.3, 0.4) is 0 Å². The van der Waals surface area contributed by atoms with E-state index >= 15 is 0 Å². The number of esters is 1. The first kappa shape index (κ1) is 23.3. The number of hydrogen-bond acceptors (Lipinski definition) is 5. The zero-order valence-corrected chi connectivity index (χ0v) is 20.3. The third kappa shape index (κ3) is 5.21. The Kier molecular flexibility index (Phi) is 6.97. The van der Waals surface area contributed by atoms with Crippen LogP contribution in [0, 0.1) is 29.1 Å². The van der Waals surface area contributed by atoms with Crippen molar-refractivity contribution >= 4 is 28.9 Å². The first-order valence-corrected chi connectivity index (χ1v) is 12.9. The molecule has 174 valence electrons. The van der Waals surface area contributed by atoms with Crippen LogP contribution >= 0.6 is 11.3 Å². The van der Waals surface area contributed by atoms with Gasteiger partial charge in [0.1, 0.15) is 4.88 Å². The highest BCUT2D eigenvalue weighted by Crippen LogP contribution is 2.44. The average Bonchev–Trinajstić information content (AvgIpc) is 3.38. The first-order valence-electron chi connectivity index (χ1n) is 12.1. The summed E-state index contributed by atoms with van der Waals surface area (Å²) in [4.78, 5) is 29.7. The van der Waals surface area contributed by atoms with Crippen LogP contribution in [0.1, 0.15) is 92.6 Å². The monoisotopic (exact) mass is 457 g/mol. The number of hydrogen-bond donors (Lipinski definition) is 1. The fourth-order valence-corrected chi connectivity index (χ4v) is 5.82. The molecular formula is C26H35NO4S. The van der Waals surface area contributed by atoms with Crippen LogP contribution in [-0.4, -0.2) is 36.2 Å². The smallest absolute Gasteiger partial charge is 0.350 e. The number of anilines is 1. The molecule has 6 heteroatoms. The lowest BCUT2D eigenvalue weighted by molar-refractivity contribution is -0.124. The molecule has 0 aliphatic heterocycles. The minimum absolute atomic E-state index is 0.00925. The maximum atomic E-state index is 13.9. The van der Waals surface area contributed by atoms with E-state index in [9.17, 15) is 14.7 Å². The van der Waals surface area contributed by atoms with Gasteiger partial charge in [0.05, 0.1) is 23.8 Å². The summed E-state index contributed by atoms with van der Waals surface area (Å²) in [7, 11) is 1.38. The Morgan fingerprint density at radius 3 is 2.38 bits per heavy atom. The number of carbonyl (C=O) groups is 2. The summed E-state index contributed by atoms with van der Waals surface area (Å²) in [5.41, 5.74) is 0.737. The van der Waals surface area contributed by atoms with Crippen LogP contribution in [0.25, 0.3) is 0 Å².